The summed E-state index contributed by atoms with van der Waals surface area (Å²) >= 11 is 1.37. The number of rotatable bonds is 6. The van der Waals surface area contributed by atoms with Crippen LogP contribution in [0.1, 0.15) is 6.42 Å². The molecule has 0 aliphatic carbocycles. The van der Waals surface area contributed by atoms with E-state index in [0.717, 1.165) is 0 Å². The van der Waals surface area contributed by atoms with Gasteiger partial charge in [-0.2, -0.15) is 11.8 Å². The normalized spacial score (nSPS) is 12.1. The minimum Gasteiger partial charge on any atom is -0.481 e. The summed E-state index contributed by atoms with van der Waals surface area (Å²) in [5, 5.41) is 16.8. The van der Waals surface area contributed by atoms with Crippen LogP contribution in [0.3, 0.4) is 0 Å². The van der Waals surface area contributed by atoms with Gasteiger partial charge in [0.05, 0.1) is 0 Å². The summed E-state index contributed by atoms with van der Waals surface area (Å²) in [6.45, 7) is 0. The molecule has 13 heavy (non-hydrogen) atoms. The van der Waals surface area contributed by atoms with Crippen LogP contribution in [0.5, 0.6) is 0 Å². The molecule has 0 saturated heterocycles. The Balaban J connectivity index is 4.33. The third-order valence-corrected chi connectivity index (χ3v) is 2.08. The summed E-state index contributed by atoms with van der Waals surface area (Å²) in [4.78, 5) is 31.4. The number of carboxylic acid groups (broad SMARTS) is 2. The Morgan fingerprint density at radius 3 is 2.15 bits per heavy atom. The fourth-order valence-electron chi connectivity index (χ4n) is 0.751. The molecule has 0 spiro atoms. The van der Waals surface area contributed by atoms with Crippen LogP contribution >= 0.6 is 11.8 Å². The first-order valence-electron chi connectivity index (χ1n) is 3.49. The van der Waals surface area contributed by atoms with Crippen molar-refractivity contribution in [3.05, 3.63) is 0 Å². The zero-order valence-corrected chi connectivity index (χ0v) is 7.84. The zero-order chi connectivity index (χ0) is 10.4. The van der Waals surface area contributed by atoms with E-state index < -0.39 is 23.6 Å². The number of Topliss-reactive ketones (excluding diaryl/α,β-unsaturated/α-hetero) is 1. The second-order valence-electron chi connectivity index (χ2n) is 2.34. The van der Waals surface area contributed by atoms with Gasteiger partial charge in [-0.15, -0.1) is 0 Å². The van der Waals surface area contributed by atoms with E-state index in [1.807, 2.05) is 0 Å². The predicted molar refractivity (Wildman–Crippen MR) is 46.8 cm³/mol. The van der Waals surface area contributed by atoms with Crippen molar-refractivity contribution in [2.75, 3.05) is 12.0 Å². The molecule has 0 aromatic heterocycles. The maximum atomic E-state index is 10.8. The van der Waals surface area contributed by atoms with Crippen molar-refractivity contribution in [1.82, 2.24) is 0 Å². The first-order valence-corrected chi connectivity index (χ1v) is 4.89. The molecule has 6 heteroatoms. The third-order valence-electron chi connectivity index (χ3n) is 1.44. The number of carbonyl (C=O) groups is 3. The van der Waals surface area contributed by atoms with Crippen LogP contribution in [0.2, 0.25) is 0 Å². The van der Waals surface area contributed by atoms with Crippen molar-refractivity contribution < 1.29 is 24.6 Å². The SMILES string of the molecule is CSCCC(C(=O)O)C(=O)C(=O)O. The van der Waals surface area contributed by atoms with Gasteiger partial charge in [0.2, 0.25) is 0 Å². The molecule has 0 aliphatic rings. The summed E-state index contributed by atoms with van der Waals surface area (Å²) in [5.41, 5.74) is 0. The average molecular weight is 206 g/mol. The molecule has 2 N–H and O–H groups in total. The Kier molecular flexibility index (Phi) is 5.13. The highest BCUT2D eigenvalue weighted by Gasteiger charge is 2.30. The summed E-state index contributed by atoms with van der Waals surface area (Å²) < 4.78 is 0. The van der Waals surface area contributed by atoms with Crippen LogP contribution in [0.15, 0.2) is 0 Å². The van der Waals surface area contributed by atoms with Crippen molar-refractivity contribution in [2.24, 2.45) is 5.92 Å². The van der Waals surface area contributed by atoms with E-state index in [4.69, 9.17) is 10.2 Å². The van der Waals surface area contributed by atoms with Crippen molar-refractivity contribution >= 4 is 29.5 Å². The highest BCUT2D eigenvalue weighted by atomic mass is 32.2. The Morgan fingerprint density at radius 2 is 1.85 bits per heavy atom. The molecule has 0 amide bonds. The number of carbonyl (C=O) groups excluding carboxylic acids is 1. The fraction of sp³-hybridized carbons (Fsp3) is 0.571. The molecular formula is C7H10O5S. The summed E-state index contributed by atoms with van der Waals surface area (Å²) in [7, 11) is 0. The lowest BCUT2D eigenvalue weighted by molar-refractivity contribution is -0.157. The third kappa shape index (κ3) is 3.93. The number of ketones is 1. The standard InChI is InChI=1S/C7H10O5S/c1-13-3-2-4(6(9)10)5(8)7(11)12/h4H,2-3H2,1H3,(H,9,10)(H,11,12). The van der Waals surface area contributed by atoms with Gasteiger partial charge in [0.25, 0.3) is 5.78 Å². The molecule has 1 atom stereocenters. The van der Waals surface area contributed by atoms with Crippen LogP contribution in [-0.2, 0) is 14.4 Å². The Labute approximate surface area is 79.1 Å². The maximum absolute atomic E-state index is 10.8. The van der Waals surface area contributed by atoms with E-state index in [9.17, 15) is 14.4 Å². The molecule has 5 nitrogen and oxygen atoms in total. The molecule has 0 rings (SSSR count). The number of aliphatic carboxylic acids is 2. The fourth-order valence-corrected chi connectivity index (χ4v) is 1.22. The van der Waals surface area contributed by atoms with Gasteiger partial charge < -0.3 is 10.2 Å². The largest absolute Gasteiger partial charge is 0.481 e. The average Bonchev–Trinajstić information content (AvgIpc) is 2.04. The van der Waals surface area contributed by atoms with Gasteiger partial charge in [-0.05, 0) is 18.4 Å². The zero-order valence-electron chi connectivity index (χ0n) is 7.02. The van der Waals surface area contributed by atoms with Crippen LogP contribution in [0.4, 0.5) is 0 Å². The van der Waals surface area contributed by atoms with Gasteiger partial charge in [0.15, 0.2) is 0 Å². The second-order valence-corrected chi connectivity index (χ2v) is 3.33. The van der Waals surface area contributed by atoms with Crippen molar-refractivity contribution in [2.45, 2.75) is 6.42 Å². The van der Waals surface area contributed by atoms with Gasteiger partial charge >= 0.3 is 11.9 Å². The molecule has 0 radical (unpaired) electrons. The molecule has 0 heterocycles. The van der Waals surface area contributed by atoms with E-state index in [2.05, 4.69) is 0 Å². The summed E-state index contributed by atoms with van der Waals surface area (Å²) in [6, 6.07) is 0. The van der Waals surface area contributed by atoms with Crippen LogP contribution in [-0.4, -0.2) is 39.9 Å². The van der Waals surface area contributed by atoms with Gasteiger partial charge in [0, 0.05) is 0 Å². The van der Waals surface area contributed by atoms with Crippen molar-refractivity contribution in [1.29, 1.82) is 0 Å². The number of hydrogen-bond acceptors (Lipinski definition) is 4. The Bertz CT molecular complexity index is 225. The lowest BCUT2D eigenvalue weighted by Crippen LogP contribution is -2.30. The lowest BCUT2D eigenvalue weighted by atomic mass is 10.0. The monoisotopic (exact) mass is 206 g/mol. The lowest BCUT2D eigenvalue weighted by Gasteiger charge is -2.06. The highest BCUT2D eigenvalue weighted by molar-refractivity contribution is 7.98. The van der Waals surface area contributed by atoms with E-state index in [1.54, 1.807) is 6.26 Å². The van der Waals surface area contributed by atoms with Crippen LogP contribution < -0.4 is 0 Å². The molecule has 0 fully saturated rings. The van der Waals surface area contributed by atoms with Gasteiger partial charge in [-0.1, -0.05) is 0 Å². The first kappa shape index (κ1) is 12.0. The minimum absolute atomic E-state index is 0.0572. The van der Waals surface area contributed by atoms with Gasteiger partial charge in [0.1, 0.15) is 5.92 Å². The Hall–Kier alpha value is -1.04. The molecule has 0 saturated carbocycles. The molecule has 0 aromatic rings. The van der Waals surface area contributed by atoms with Crippen molar-refractivity contribution in [3.63, 3.8) is 0 Å². The molecule has 0 aliphatic heterocycles. The van der Waals surface area contributed by atoms with E-state index in [0.29, 0.717) is 5.75 Å². The quantitative estimate of drug-likeness (QED) is 0.473. The van der Waals surface area contributed by atoms with E-state index >= 15 is 0 Å². The van der Waals surface area contributed by atoms with Crippen LogP contribution in [0.25, 0.3) is 0 Å². The summed E-state index contributed by atoms with van der Waals surface area (Å²) in [5.74, 6) is -5.27. The van der Waals surface area contributed by atoms with Gasteiger partial charge in [-0.3, -0.25) is 9.59 Å². The molecule has 74 valence electrons. The van der Waals surface area contributed by atoms with E-state index in [1.165, 1.54) is 11.8 Å². The predicted octanol–water partition coefficient (Wildman–Crippen LogP) is 0.0940. The number of carboxylic acids is 2. The maximum Gasteiger partial charge on any atom is 0.373 e. The topological polar surface area (TPSA) is 91.7 Å². The highest BCUT2D eigenvalue weighted by Crippen LogP contribution is 2.09. The molecule has 0 bridgehead atoms. The Morgan fingerprint density at radius 1 is 1.31 bits per heavy atom. The minimum atomic E-state index is -1.69. The second kappa shape index (κ2) is 5.58. The van der Waals surface area contributed by atoms with Crippen LogP contribution in [0, 0.1) is 5.92 Å². The molecule has 1 unspecified atom stereocenters. The van der Waals surface area contributed by atoms with Crippen molar-refractivity contribution in [3.8, 4) is 0 Å². The van der Waals surface area contributed by atoms with Gasteiger partial charge in [-0.25, -0.2) is 4.79 Å². The smallest absolute Gasteiger partial charge is 0.373 e. The summed E-state index contributed by atoms with van der Waals surface area (Å²) in [6.07, 6.45) is 1.81. The number of thioether (sulfide) groups is 1. The van der Waals surface area contributed by atoms with E-state index in [-0.39, 0.29) is 6.42 Å². The number of hydrogen-bond donors (Lipinski definition) is 2. The molecular weight excluding hydrogens is 196 g/mol. The molecule has 0 aromatic carbocycles. The first-order chi connectivity index (χ1) is 6.00.